The summed E-state index contributed by atoms with van der Waals surface area (Å²) < 4.78 is 16.5. The molecule has 30 heavy (non-hydrogen) atoms. The summed E-state index contributed by atoms with van der Waals surface area (Å²) in [6.45, 7) is 8.84. The molecule has 0 atom stereocenters. The number of hydrogen-bond donors (Lipinski definition) is 1. The van der Waals surface area contributed by atoms with Crippen LogP contribution in [0.4, 0.5) is 5.69 Å². The van der Waals surface area contributed by atoms with Gasteiger partial charge < -0.3 is 4.74 Å². The Bertz CT molecular complexity index is 943. The molecular weight excluding hydrogens is 411 g/mol. The standard InChI is InChI=1S/C20H26N2O7P/c1-6-27-20(23)17-13(4)21-14(5)19(30(26,28-7-2)29-8-3)18(17)15-10-9-11-16(12-15)22(24)25/h9-12,26H,6-8H2,1-5H3/q+1. The van der Waals surface area contributed by atoms with Crippen molar-refractivity contribution in [1.29, 1.82) is 0 Å². The molecule has 1 N–H and O–H groups in total. The lowest BCUT2D eigenvalue weighted by molar-refractivity contribution is -0.384. The molecule has 1 aromatic heterocycles. The second-order valence-corrected chi connectivity index (χ2v) is 8.27. The summed E-state index contributed by atoms with van der Waals surface area (Å²) in [5, 5.41) is 11.5. The molecule has 10 heteroatoms. The lowest BCUT2D eigenvalue weighted by Gasteiger charge is -2.22. The van der Waals surface area contributed by atoms with E-state index in [1.54, 1.807) is 40.7 Å². The minimum atomic E-state index is -3.65. The summed E-state index contributed by atoms with van der Waals surface area (Å²) in [7, 11) is -3.65. The molecule has 0 aliphatic carbocycles. The van der Waals surface area contributed by atoms with E-state index in [1.165, 1.54) is 18.2 Å². The fraction of sp³-hybridized carbons (Fsp3) is 0.400. The summed E-state index contributed by atoms with van der Waals surface area (Å²) in [6, 6.07) is 5.81. The highest BCUT2D eigenvalue weighted by Crippen LogP contribution is 2.58. The fourth-order valence-electron chi connectivity index (χ4n) is 3.21. The Balaban J connectivity index is 2.98. The largest absolute Gasteiger partial charge is 0.462 e. The molecular formula is C20H26N2O7P+. The zero-order chi connectivity index (χ0) is 22.5. The Morgan fingerprint density at radius 2 is 1.77 bits per heavy atom. The van der Waals surface area contributed by atoms with Crippen LogP contribution in [0, 0.1) is 24.0 Å². The van der Waals surface area contributed by atoms with Crippen molar-refractivity contribution < 1.29 is 28.4 Å². The summed E-state index contributed by atoms with van der Waals surface area (Å²) in [4.78, 5) is 39.4. The number of ether oxygens (including phenoxy) is 1. The van der Waals surface area contributed by atoms with Crippen molar-refractivity contribution in [3.63, 3.8) is 0 Å². The highest BCUT2D eigenvalue weighted by atomic mass is 31.2. The maximum atomic E-state index is 12.8. The van der Waals surface area contributed by atoms with Gasteiger partial charge in [-0.05, 0) is 40.2 Å². The van der Waals surface area contributed by atoms with E-state index < -0.39 is 18.8 Å². The van der Waals surface area contributed by atoms with Crippen LogP contribution in [-0.2, 0) is 13.8 Å². The van der Waals surface area contributed by atoms with E-state index in [-0.39, 0.29) is 41.9 Å². The van der Waals surface area contributed by atoms with Gasteiger partial charge in [-0.15, -0.1) is 0 Å². The number of esters is 1. The first kappa shape index (κ1) is 23.8. The normalized spacial score (nSPS) is 11.4. The number of benzene rings is 1. The second-order valence-electron chi connectivity index (χ2n) is 6.27. The predicted molar refractivity (Wildman–Crippen MR) is 114 cm³/mol. The van der Waals surface area contributed by atoms with E-state index in [1.807, 2.05) is 0 Å². The van der Waals surface area contributed by atoms with Crippen LogP contribution < -0.4 is 5.30 Å². The molecule has 0 aliphatic heterocycles. The third-order valence-electron chi connectivity index (χ3n) is 4.24. The molecule has 0 saturated heterocycles. The van der Waals surface area contributed by atoms with Gasteiger partial charge in [0, 0.05) is 12.1 Å². The minimum Gasteiger partial charge on any atom is -0.462 e. The van der Waals surface area contributed by atoms with Crippen LogP contribution in [-0.4, -0.2) is 40.6 Å². The number of nitro groups is 1. The summed E-state index contributed by atoms with van der Waals surface area (Å²) in [5.41, 5.74) is 1.34. The molecule has 2 rings (SSSR count). The lowest BCUT2D eigenvalue weighted by atomic mass is 9.97. The molecule has 162 valence electrons. The van der Waals surface area contributed by atoms with Crippen LogP contribution in [0.3, 0.4) is 0 Å². The Labute approximate surface area is 175 Å². The SMILES string of the molecule is CCOC(=O)c1c(C)nc(C)c([P+](O)(OCC)OCC)c1-c1cccc([N+](=O)[O-])c1. The summed E-state index contributed by atoms with van der Waals surface area (Å²) in [6.07, 6.45) is 0. The van der Waals surface area contributed by atoms with Gasteiger partial charge in [-0.25, -0.2) is 4.79 Å². The van der Waals surface area contributed by atoms with Crippen molar-refractivity contribution in [3.05, 3.63) is 51.3 Å². The van der Waals surface area contributed by atoms with Crippen LogP contribution in [0.1, 0.15) is 42.5 Å². The third-order valence-corrected chi connectivity index (χ3v) is 6.57. The van der Waals surface area contributed by atoms with Crippen molar-refractivity contribution >= 4 is 24.9 Å². The predicted octanol–water partition coefficient (Wildman–Crippen LogP) is 3.90. The number of carbonyl (C=O) groups is 1. The molecule has 9 nitrogen and oxygen atoms in total. The van der Waals surface area contributed by atoms with Crippen LogP contribution in [0.15, 0.2) is 24.3 Å². The molecule has 0 amide bonds. The van der Waals surface area contributed by atoms with Gasteiger partial charge in [0.1, 0.15) is 0 Å². The van der Waals surface area contributed by atoms with Crippen molar-refractivity contribution in [2.24, 2.45) is 0 Å². The maximum Gasteiger partial charge on any atom is 0.448 e. The Kier molecular flexibility index (Phi) is 7.97. The fourth-order valence-corrected chi connectivity index (χ4v) is 5.23. The Morgan fingerprint density at radius 1 is 1.13 bits per heavy atom. The number of hydrogen-bond acceptors (Lipinski definition) is 8. The molecule has 0 aliphatic rings. The van der Waals surface area contributed by atoms with E-state index in [0.717, 1.165) is 0 Å². The van der Waals surface area contributed by atoms with Crippen molar-refractivity contribution in [3.8, 4) is 11.1 Å². The number of aromatic nitrogens is 1. The smallest absolute Gasteiger partial charge is 0.448 e. The summed E-state index contributed by atoms with van der Waals surface area (Å²) >= 11 is 0. The summed E-state index contributed by atoms with van der Waals surface area (Å²) in [5.74, 6) is -0.648. The molecule has 0 spiro atoms. The number of pyridine rings is 1. The number of rotatable bonds is 9. The Morgan fingerprint density at radius 3 is 2.30 bits per heavy atom. The van der Waals surface area contributed by atoms with Crippen molar-refractivity contribution in [1.82, 2.24) is 4.98 Å². The molecule has 0 bridgehead atoms. The van der Waals surface area contributed by atoms with E-state index in [4.69, 9.17) is 13.8 Å². The number of nitrogens with zero attached hydrogens (tertiary/aromatic N) is 2. The van der Waals surface area contributed by atoms with E-state index in [9.17, 15) is 19.8 Å². The Hall–Kier alpha value is -2.45. The van der Waals surface area contributed by atoms with Gasteiger partial charge in [0.2, 0.25) is 5.30 Å². The van der Waals surface area contributed by atoms with Crippen molar-refractivity contribution in [2.75, 3.05) is 19.8 Å². The highest BCUT2D eigenvalue weighted by Gasteiger charge is 2.49. The molecule has 0 fully saturated rings. The zero-order valence-electron chi connectivity index (χ0n) is 17.7. The van der Waals surface area contributed by atoms with Gasteiger partial charge in [-0.3, -0.25) is 15.1 Å². The zero-order valence-corrected chi connectivity index (χ0v) is 18.6. The molecule has 1 heterocycles. The molecule has 0 saturated carbocycles. The van der Waals surface area contributed by atoms with E-state index >= 15 is 0 Å². The van der Waals surface area contributed by atoms with Crippen LogP contribution in [0.5, 0.6) is 0 Å². The average Bonchev–Trinajstić information content (AvgIpc) is 2.67. The molecule has 0 unspecified atom stereocenters. The number of non-ortho nitro benzene ring substituents is 1. The van der Waals surface area contributed by atoms with Crippen LogP contribution >= 0.6 is 7.94 Å². The van der Waals surface area contributed by atoms with Gasteiger partial charge in [0.15, 0.2) is 0 Å². The lowest BCUT2D eigenvalue weighted by Crippen LogP contribution is -2.26. The first-order valence-corrected chi connectivity index (χ1v) is 11.1. The maximum absolute atomic E-state index is 12.8. The van der Waals surface area contributed by atoms with Gasteiger partial charge in [0.05, 0.1) is 47.3 Å². The van der Waals surface area contributed by atoms with Gasteiger partial charge in [-0.1, -0.05) is 12.1 Å². The van der Waals surface area contributed by atoms with Crippen LogP contribution in [0.25, 0.3) is 11.1 Å². The van der Waals surface area contributed by atoms with Gasteiger partial charge in [-0.2, -0.15) is 13.9 Å². The number of nitro benzene ring substituents is 1. The molecule has 1 aromatic carbocycles. The van der Waals surface area contributed by atoms with E-state index in [2.05, 4.69) is 4.98 Å². The molecule has 0 radical (unpaired) electrons. The first-order valence-electron chi connectivity index (χ1n) is 9.54. The third kappa shape index (κ3) is 4.82. The first-order chi connectivity index (χ1) is 14.2. The number of aryl methyl sites for hydroxylation is 2. The van der Waals surface area contributed by atoms with Gasteiger partial charge >= 0.3 is 13.9 Å². The van der Waals surface area contributed by atoms with Gasteiger partial charge in [0.25, 0.3) is 5.69 Å². The van der Waals surface area contributed by atoms with Crippen LogP contribution in [0.2, 0.25) is 0 Å². The van der Waals surface area contributed by atoms with E-state index in [0.29, 0.717) is 17.0 Å². The topological polar surface area (TPSA) is 121 Å². The highest BCUT2D eigenvalue weighted by molar-refractivity contribution is 7.69. The quantitative estimate of drug-likeness (QED) is 0.271. The second kappa shape index (κ2) is 10.0. The average molecular weight is 437 g/mol. The molecule has 2 aromatic rings. The minimum absolute atomic E-state index is 0.107. The number of carbonyl (C=O) groups excluding carboxylic acids is 1. The monoisotopic (exact) mass is 437 g/mol. The van der Waals surface area contributed by atoms with Crippen molar-refractivity contribution in [2.45, 2.75) is 34.6 Å².